The zero-order valence-corrected chi connectivity index (χ0v) is 18.4. The van der Waals surface area contributed by atoms with Crippen LogP contribution in [0.15, 0.2) is 42.5 Å². The number of rotatable bonds is 4. The smallest absolute Gasteiger partial charge is 0.293 e. The zero-order valence-electron chi connectivity index (χ0n) is 18.4. The molecule has 2 aromatic carbocycles. The summed E-state index contributed by atoms with van der Waals surface area (Å²) in [6.45, 7) is 7.96. The first-order chi connectivity index (χ1) is 15.4. The van der Waals surface area contributed by atoms with Gasteiger partial charge in [-0.25, -0.2) is 14.1 Å². The highest BCUT2D eigenvalue weighted by atomic mass is 19.1. The predicted octanol–water partition coefficient (Wildman–Crippen LogP) is 3.67. The van der Waals surface area contributed by atoms with E-state index in [1.165, 1.54) is 6.07 Å². The minimum absolute atomic E-state index is 0.0344. The molecule has 0 bridgehead atoms. The molecule has 0 radical (unpaired) electrons. The van der Waals surface area contributed by atoms with Gasteiger partial charge in [0.05, 0.1) is 11.4 Å². The van der Waals surface area contributed by atoms with E-state index in [1.807, 2.05) is 36.1 Å². The molecule has 0 spiro atoms. The highest BCUT2D eigenvalue weighted by molar-refractivity contribution is 5.90. The summed E-state index contributed by atoms with van der Waals surface area (Å²) in [7, 11) is 0. The van der Waals surface area contributed by atoms with Crippen LogP contribution in [0.3, 0.4) is 0 Å². The van der Waals surface area contributed by atoms with Crippen LogP contribution in [0.1, 0.15) is 47.3 Å². The third-order valence-corrected chi connectivity index (χ3v) is 5.76. The largest absolute Gasteiger partial charge is 0.367 e. The molecule has 8 heteroatoms. The highest BCUT2D eigenvalue weighted by Gasteiger charge is 2.27. The predicted molar refractivity (Wildman–Crippen MR) is 119 cm³/mol. The number of nitriles is 1. The van der Waals surface area contributed by atoms with Crippen LogP contribution in [0.5, 0.6) is 0 Å². The van der Waals surface area contributed by atoms with Crippen LogP contribution in [-0.2, 0) is 0 Å². The van der Waals surface area contributed by atoms with E-state index >= 15 is 0 Å². The van der Waals surface area contributed by atoms with Crippen molar-refractivity contribution in [1.82, 2.24) is 19.7 Å². The van der Waals surface area contributed by atoms with Gasteiger partial charge in [0.1, 0.15) is 23.3 Å². The second-order valence-corrected chi connectivity index (χ2v) is 8.13. The van der Waals surface area contributed by atoms with Gasteiger partial charge in [-0.3, -0.25) is 4.79 Å². The summed E-state index contributed by atoms with van der Waals surface area (Å²) < 4.78 is 15.7. The summed E-state index contributed by atoms with van der Waals surface area (Å²) in [5.41, 5.74) is 2.65. The van der Waals surface area contributed by atoms with Crippen LogP contribution < -0.4 is 4.90 Å². The number of halogens is 1. The molecule has 7 nitrogen and oxygen atoms in total. The molecule has 1 aliphatic heterocycles. The van der Waals surface area contributed by atoms with Crippen molar-refractivity contribution in [1.29, 1.82) is 5.26 Å². The first kappa shape index (κ1) is 21.5. The van der Waals surface area contributed by atoms with Crippen molar-refractivity contribution in [2.75, 3.05) is 31.1 Å². The Morgan fingerprint density at radius 3 is 2.44 bits per heavy atom. The molecule has 1 aliphatic rings. The van der Waals surface area contributed by atoms with E-state index in [-0.39, 0.29) is 17.3 Å². The van der Waals surface area contributed by atoms with E-state index < -0.39 is 5.82 Å². The van der Waals surface area contributed by atoms with Gasteiger partial charge in [0.2, 0.25) is 5.82 Å². The molecule has 0 saturated carbocycles. The lowest BCUT2D eigenvalue weighted by Crippen LogP contribution is -2.49. The highest BCUT2D eigenvalue weighted by Crippen LogP contribution is 2.25. The maximum atomic E-state index is 14.0. The number of anilines is 1. The minimum atomic E-state index is -0.532. The summed E-state index contributed by atoms with van der Waals surface area (Å²) in [6.07, 6.45) is 0. The molecule has 0 N–H and O–H groups in total. The van der Waals surface area contributed by atoms with Crippen molar-refractivity contribution in [3.8, 4) is 11.8 Å². The summed E-state index contributed by atoms with van der Waals surface area (Å²) in [5, 5.41) is 13.8. The Kier molecular flexibility index (Phi) is 5.91. The molecule has 1 saturated heterocycles. The molecule has 1 aromatic heterocycles. The standard InChI is InChI=1S/C24H25FN6O/c1-16(2)18-7-4-5-9-22(18)31-17(3)27-23(28-31)24(32)30-13-11-29(12-14-30)21-10-6-8-20(25)19(21)15-26/h4-10,16H,11-14H2,1-3H3. The lowest BCUT2D eigenvalue weighted by atomic mass is 10.0. The molecule has 3 aromatic rings. The van der Waals surface area contributed by atoms with Crippen LogP contribution in [0.25, 0.3) is 5.69 Å². The quantitative estimate of drug-likeness (QED) is 0.629. The SMILES string of the molecule is Cc1nc(C(=O)N2CCN(c3cccc(F)c3C#N)CC2)nn1-c1ccccc1C(C)C. The average Bonchev–Trinajstić information content (AvgIpc) is 3.20. The van der Waals surface area contributed by atoms with E-state index in [9.17, 15) is 14.4 Å². The Morgan fingerprint density at radius 1 is 1.06 bits per heavy atom. The third-order valence-electron chi connectivity index (χ3n) is 5.76. The lowest BCUT2D eigenvalue weighted by molar-refractivity contribution is 0.0734. The minimum Gasteiger partial charge on any atom is -0.367 e. The Labute approximate surface area is 186 Å². The lowest BCUT2D eigenvalue weighted by Gasteiger charge is -2.36. The fraction of sp³-hybridized carbons (Fsp3) is 0.333. The molecular formula is C24H25FN6O. The maximum absolute atomic E-state index is 14.0. The molecule has 1 fully saturated rings. The van der Waals surface area contributed by atoms with Crippen LogP contribution in [0, 0.1) is 24.1 Å². The van der Waals surface area contributed by atoms with Crippen molar-refractivity contribution in [2.45, 2.75) is 26.7 Å². The second kappa shape index (κ2) is 8.79. The Hall–Kier alpha value is -3.73. The molecule has 0 atom stereocenters. The number of piperazine rings is 1. The number of para-hydroxylation sites is 1. The average molecular weight is 433 g/mol. The fourth-order valence-corrected chi connectivity index (χ4v) is 4.06. The van der Waals surface area contributed by atoms with Crippen LogP contribution >= 0.6 is 0 Å². The number of nitrogens with zero attached hydrogens (tertiary/aromatic N) is 6. The number of aryl methyl sites for hydroxylation is 1. The zero-order chi connectivity index (χ0) is 22.8. The molecule has 1 amide bonds. The number of carbonyl (C=O) groups excluding carboxylic acids is 1. The van der Waals surface area contributed by atoms with E-state index in [2.05, 4.69) is 30.0 Å². The number of hydrogen-bond acceptors (Lipinski definition) is 5. The van der Waals surface area contributed by atoms with Gasteiger partial charge in [-0.15, -0.1) is 5.10 Å². The Bertz CT molecular complexity index is 1190. The normalized spacial score (nSPS) is 14.0. The van der Waals surface area contributed by atoms with E-state index in [0.29, 0.717) is 43.6 Å². The van der Waals surface area contributed by atoms with Gasteiger partial charge in [0.15, 0.2) is 0 Å². The number of benzene rings is 2. The van der Waals surface area contributed by atoms with E-state index in [1.54, 1.807) is 21.7 Å². The van der Waals surface area contributed by atoms with Crippen LogP contribution in [0.4, 0.5) is 10.1 Å². The van der Waals surface area contributed by atoms with E-state index in [4.69, 9.17) is 0 Å². The topological polar surface area (TPSA) is 78.1 Å². The Balaban J connectivity index is 1.51. The number of amides is 1. The second-order valence-electron chi connectivity index (χ2n) is 8.13. The summed E-state index contributed by atoms with van der Waals surface area (Å²) in [4.78, 5) is 21.2. The van der Waals surface area contributed by atoms with E-state index in [0.717, 1.165) is 11.3 Å². The summed E-state index contributed by atoms with van der Waals surface area (Å²) in [6, 6.07) is 14.5. The van der Waals surface area contributed by atoms with Gasteiger partial charge >= 0.3 is 0 Å². The molecule has 2 heterocycles. The van der Waals surface area contributed by atoms with Crippen molar-refractivity contribution in [2.24, 2.45) is 0 Å². The Morgan fingerprint density at radius 2 is 1.75 bits per heavy atom. The van der Waals surface area contributed by atoms with Gasteiger partial charge < -0.3 is 9.80 Å². The van der Waals surface area contributed by atoms with Gasteiger partial charge in [-0.2, -0.15) is 5.26 Å². The molecule has 0 unspecified atom stereocenters. The monoisotopic (exact) mass is 432 g/mol. The summed E-state index contributed by atoms with van der Waals surface area (Å²) in [5.74, 6) is 0.364. The number of aromatic nitrogens is 3. The van der Waals surface area contributed by atoms with Gasteiger partial charge in [0.25, 0.3) is 5.91 Å². The first-order valence-electron chi connectivity index (χ1n) is 10.7. The van der Waals surface area contributed by atoms with Gasteiger partial charge in [-0.1, -0.05) is 38.1 Å². The molecular weight excluding hydrogens is 407 g/mol. The van der Waals surface area contributed by atoms with Crippen molar-refractivity contribution in [3.63, 3.8) is 0 Å². The van der Waals surface area contributed by atoms with Crippen molar-refractivity contribution >= 4 is 11.6 Å². The van der Waals surface area contributed by atoms with Crippen LogP contribution in [0.2, 0.25) is 0 Å². The molecule has 0 aliphatic carbocycles. The molecule has 4 rings (SSSR count). The molecule has 32 heavy (non-hydrogen) atoms. The van der Waals surface area contributed by atoms with Gasteiger partial charge in [-0.05, 0) is 36.6 Å². The maximum Gasteiger partial charge on any atom is 0.293 e. The van der Waals surface area contributed by atoms with Crippen LogP contribution in [-0.4, -0.2) is 51.8 Å². The summed E-state index contributed by atoms with van der Waals surface area (Å²) >= 11 is 0. The molecule has 164 valence electrons. The van der Waals surface area contributed by atoms with Gasteiger partial charge in [0, 0.05) is 26.2 Å². The van der Waals surface area contributed by atoms with Crippen molar-refractivity contribution in [3.05, 3.63) is 71.1 Å². The first-order valence-corrected chi connectivity index (χ1v) is 10.7. The fourth-order valence-electron chi connectivity index (χ4n) is 4.06. The third kappa shape index (κ3) is 3.94. The number of carbonyl (C=O) groups is 1. The van der Waals surface area contributed by atoms with Crippen molar-refractivity contribution < 1.29 is 9.18 Å². The number of hydrogen-bond donors (Lipinski definition) is 0.